The molecule has 0 aromatic heterocycles. The maximum absolute atomic E-state index is 12.6. The molecule has 0 amide bonds. The van der Waals surface area contributed by atoms with Crippen LogP contribution >= 0.6 is 0 Å². The van der Waals surface area contributed by atoms with Crippen molar-refractivity contribution >= 4 is 29.5 Å². The number of Topliss-reactive ketones (excluding diaryl/α,β-unsaturated/α-hetero) is 2. The van der Waals surface area contributed by atoms with Crippen molar-refractivity contribution in [3.05, 3.63) is 77.9 Å². The third-order valence-electron chi connectivity index (χ3n) is 11.4. The molecule has 60 heavy (non-hydrogen) atoms. The molecule has 3 rings (SSSR count). The predicted octanol–water partition coefficient (Wildman–Crippen LogP) is 10.2. The van der Waals surface area contributed by atoms with Gasteiger partial charge in [-0.05, 0) is 104 Å². The van der Waals surface area contributed by atoms with E-state index in [0.717, 1.165) is 29.0 Å². The summed E-state index contributed by atoms with van der Waals surface area (Å²) in [4.78, 5) is 62.1. The molecule has 1 saturated carbocycles. The Labute approximate surface area is 358 Å². The van der Waals surface area contributed by atoms with E-state index >= 15 is 0 Å². The number of hydrogen-bond donors (Lipinski definition) is 0. The normalized spacial score (nSPS) is 15.2. The van der Waals surface area contributed by atoms with Crippen LogP contribution in [0.4, 0.5) is 0 Å². The van der Waals surface area contributed by atoms with Crippen molar-refractivity contribution in [3.63, 3.8) is 0 Å². The summed E-state index contributed by atoms with van der Waals surface area (Å²) in [5.41, 5.74) is 4.40. The van der Waals surface area contributed by atoms with E-state index < -0.39 is 54.7 Å². The van der Waals surface area contributed by atoms with Crippen LogP contribution in [0.2, 0.25) is 0 Å². The van der Waals surface area contributed by atoms with Crippen molar-refractivity contribution in [1.82, 2.24) is 0 Å². The van der Waals surface area contributed by atoms with Gasteiger partial charge in [-0.25, -0.2) is 14.4 Å². The van der Waals surface area contributed by atoms with E-state index in [9.17, 15) is 24.0 Å². The Morgan fingerprint density at radius 1 is 0.733 bits per heavy atom. The summed E-state index contributed by atoms with van der Waals surface area (Å²) in [6.45, 7) is 15.6. The molecular weight excluding hydrogens is 761 g/mol. The molecule has 0 N–H and O–H groups in total. The Morgan fingerprint density at radius 3 is 1.95 bits per heavy atom. The summed E-state index contributed by atoms with van der Waals surface area (Å²) < 4.78 is 28.5. The van der Waals surface area contributed by atoms with Crippen LogP contribution in [0.15, 0.2) is 61.2 Å². The molecule has 330 valence electrons. The standard InChI is InChI=1S/C50H70O10/c1-8-13-14-15-16-18-37-20-22-39(23-21-37)40-24-26-43(38(10-3)30-40)41-25-27-46(42(31-41)19-17-29-56-28-9-2)57-32-50(33-58-47(53)36(6)7,34-59-48(54)44(51)11-4)35-60-49(55)45(52)12-5/h9,24-27,30-31,37,39H,2,6,8,10-23,28-29,32-35H2,1,3-5,7H3. The van der Waals surface area contributed by atoms with Crippen molar-refractivity contribution in [1.29, 1.82) is 0 Å². The zero-order valence-electron chi connectivity index (χ0n) is 37.0. The van der Waals surface area contributed by atoms with Gasteiger partial charge in [-0.2, -0.15) is 0 Å². The summed E-state index contributed by atoms with van der Waals surface area (Å²) in [7, 11) is 0. The van der Waals surface area contributed by atoms with Crippen LogP contribution in [0.25, 0.3) is 11.1 Å². The number of hydrogen-bond acceptors (Lipinski definition) is 10. The topological polar surface area (TPSA) is 132 Å². The number of benzene rings is 2. The summed E-state index contributed by atoms with van der Waals surface area (Å²) in [5.74, 6) is -2.47. The number of esters is 3. The summed E-state index contributed by atoms with van der Waals surface area (Å²) in [5, 5.41) is 0. The zero-order valence-corrected chi connectivity index (χ0v) is 37.0. The molecule has 1 fully saturated rings. The smallest absolute Gasteiger partial charge is 0.374 e. The lowest BCUT2D eigenvalue weighted by molar-refractivity contribution is -0.168. The van der Waals surface area contributed by atoms with Gasteiger partial charge >= 0.3 is 17.9 Å². The Kier molecular flexibility index (Phi) is 22.1. The fourth-order valence-electron chi connectivity index (χ4n) is 7.59. The van der Waals surface area contributed by atoms with E-state index in [1.54, 1.807) is 6.08 Å². The molecular formula is C50H70O10. The first-order chi connectivity index (χ1) is 28.9. The van der Waals surface area contributed by atoms with Crippen LogP contribution in [-0.4, -0.2) is 69.1 Å². The van der Waals surface area contributed by atoms with Crippen molar-refractivity contribution in [2.45, 2.75) is 137 Å². The van der Waals surface area contributed by atoms with Gasteiger partial charge in [-0.1, -0.05) is 103 Å². The van der Waals surface area contributed by atoms with Gasteiger partial charge in [0.05, 0.1) is 6.61 Å². The summed E-state index contributed by atoms with van der Waals surface area (Å²) >= 11 is 0. The van der Waals surface area contributed by atoms with Gasteiger partial charge in [0.25, 0.3) is 0 Å². The molecule has 0 heterocycles. The van der Waals surface area contributed by atoms with Gasteiger partial charge in [0, 0.05) is 25.0 Å². The molecule has 1 aliphatic rings. The first kappa shape index (κ1) is 49.8. The Morgan fingerprint density at radius 2 is 1.37 bits per heavy atom. The molecule has 0 unspecified atom stereocenters. The zero-order chi connectivity index (χ0) is 43.9. The Balaban J connectivity index is 1.93. The van der Waals surface area contributed by atoms with Crippen LogP contribution in [0.5, 0.6) is 5.75 Å². The van der Waals surface area contributed by atoms with Crippen LogP contribution in [0.1, 0.15) is 141 Å². The van der Waals surface area contributed by atoms with Crippen LogP contribution < -0.4 is 4.74 Å². The molecule has 1 aliphatic carbocycles. The Hall–Kier alpha value is -4.57. The number of aryl methyl sites for hydroxylation is 2. The van der Waals surface area contributed by atoms with E-state index in [4.69, 9.17) is 23.7 Å². The molecule has 0 bridgehead atoms. The maximum atomic E-state index is 12.6. The second-order valence-corrected chi connectivity index (χ2v) is 16.3. The number of unbranched alkanes of at least 4 members (excludes halogenated alkanes) is 4. The molecule has 0 saturated heterocycles. The SMILES string of the molecule is C=CCOCCCc1cc(-c2ccc(C3CCC(CCCCCCC)CC3)cc2CC)ccc1OCC(COC(=O)C(=C)C)(COC(=O)C(=O)CC)COC(=O)C(=O)CC. The third-order valence-corrected chi connectivity index (χ3v) is 11.4. The minimum absolute atomic E-state index is 0.0814. The summed E-state index contributed by atoms with van der Waals surface area (Å²) in [6.07, 6.45) is 16.9. The van der Waals surface area contributed by atoms with Gasteiger partial charge < -0.3 is 23.7 Å². The number of ether oxygens (including phenoxy) is 5. The van der Waals surface area contributed by atoms with Crippen molar-refractivity contribution in [2.75, 3.05) is 39.6 Å². The Bertz CT molecular complexity index is 1700. The molecule has 10 nitrogen and oxygen atoms in total. The fourth-order valence-corrected chi connectivity index (χ4v) is 7.59. The molecule has 0 atom stereocenters. The highest BCUT2D eigenvalue weighted by atomic mass is 16.6. The number of rotatable bonds is 29. The lowest BCUT2D eigenvalue weighted by Crippen LogP contribution is -2.45. The third kappa shape index (κ3) is 16.1. The average molecular weight is 831 g/mol. The van der Waals surface area contributed by atoms with Gasteiger partial charge in [0.15, 0.2) is 0 Å². The van der Waals surface area contributed by atoms with E-state index in [-0.39, 0.29) is 25.0 Å². The first-order valence-electron chi connectivity index (χ1n) is 22.2. The maximum Gasteiger partial charge on any atom is 0.374 e. The second-order valence-electron chi connectivity index (χ2n) is 16.3. The molecule has 2 aromatic rings. The highest BCUT2D eigenvalue weighted by Gasteiger charge is 2.39. The van der Waals surface area contributed by atoms with E-state index in [1.165, 1.54) is 96.1 Å². The number of carbonyl (C=O) groups is 5. The monoisotopic (exact) mass is 830 g/mol. The summed E-state index contributed by atoms with van der Waals surface area (Å²) in [6, 6.07) is 13.0. The molecule has 0 spiro atoms. The largest absolute Gasteiger partial charge is 0.492 e. The number of ketones is 2. The first-order valence-corrected chi connectivity index (χ1v) is 22.2. The van der Waals surface area contributed by atoms with E-state index in [1.807, 2.05) is 12.1 Å². The minimum Gasteiger partial charge on any atom is -0.492 e. The lowest BCUT2D eigenvalue weighted by atomic mass is 9.76. The van der Waals surface area contributed by atoms with Crippen LogP contribution in [0, 0.1) is 11.3 Å². The van der Waals surface area contributed by atoms with Crippen molar-refractivity contribution < 1.29 is 47.7 Å². The quantitative estimate of drug-likeness (QED) is 0.0195. The molecule has 0 aliphatic heterocycles. The highest BCUT2D eigenvalue weighted by Crippen LogP contribution is 2.40. The van der Waals surface area contributed by atoms with Crippen molar-refractivity contribution in [2.24, 2.45) is 11.3 Å². The van der Waals surface area contributed by atoms with E-state index in [2.05, 4.69) is 51.3 Å². The van der Waals surface area contributed by atoms with Gasteiger partial charge in [-0.15, -0.1) is 6.58 Å². The molecule has 2 aromatic carbocycles. The minimum atomic E-state index is -1.50. The van der Waals surface area contributed by atoms with Crippen LogP contribution in [0.3, 0.4) is 0 Å². The van der Waals surface area contributed by atoms with Gasteiger partial charge in [0.2, 0.25) is 11.6 Å². The number of carbonyl (C=O) groups excluding carboxylic acids is 5. The van der Waals surface area contributed by atoms with Crippen molar-refractivity contribution in [3.8, 4) is 16.9 Å². The van der Waals surface area contributed by atoms with Gasteiger partial charge in [-0.3, -0.25) is 9.59 Å². The predicted molar refractivity (Wildman–Crippen MR) is 235 cm³/mol. The van der Waals surface area contributed by atoms with E-state index in [0.29, 0.717) is 37.7 Å². The van der Waals surface area contributed by atoms with Gasteiger partial charge in [0.1, 0.15) is 37.6 Å². The lowest BCUT2D eigenvalue weighted by Gasteiger charge is -2.32. The highest BCUT2D eigenvalue weighted by molar-refractivity contribution is 6.33. The second kappa shape index (κ2) is 26.6. The average Bonchev–Trinajstić information content (AvgIpc) is 3.27. The molecule has 0 radical (unpaired) electrons. The fraction of sp³-hybridized carbons (Fsp3) is 0.580. The van der Waals surface area contributed by atoms with Crippen LogP contribution in [-0.2, 0) is 55.8 Å². The molecule has 10 heteroatoms.